The van der Waals surface area contributed by atoms with Crippen LogP contribution < -0.4 is 0 Å². The molecule has 92 valence electrons. The zero-order valence-electron chi connectivity index (χ0n) is 10.2. The Bertz CT molecular complexity index is 247. The van der Waals surface area contributed by atoms with E-state index in [1.165, 1.54) is 13.8 Å². The van der Waals surface area contributed by atoms with Crippen LogP contribution in [0.25, 0.3) is 0 Å². The Labute approximate surface area is 96.4 Å². The summed E-state index contributed by atoms with van der Waals surface area (Å²) in [5.41, 5.74) is 0. The van der Waals surface area contributed by atoms with Gasteiger partial charge in [0.15, 0.2) is 0 Å². The molecule has 2 unspecified atom stereocenters. The van der Waals surface area contributed by atoms with Gasteiger partial charge in [-0.25, -0.2) is 0 Å². The second kappa shape index (κ2) is 8.02. The number of carbonyl (C=O) groups excluding carboxylic acids is 3. The van der Waals surface area contributed by atoms with Crippen molar-refractivity contribution in [1.82, 2.24) is 0 Å². The quantitative estimate of drug-likeness (QED) is 0.469. The molecule has 16 heavy (non-hydrogen) atoms. The molecule has 0 saturated carbocycles. The Kier molecular flexibility index (Phi) is 7.42. The van der Waals surface area contributed by atoms with E-state index in [-0.39, 0.29) is 23.6 Å². The molecule has 0 heterocycles. The van der Waals surface area contributed by atoms with Crippen LogP contribution in [0.3, 0.4) is 0 Å². The van der Waals surface area contributed by atoms with Gasteiger partial charge in [-0.2, -0.15) is 0 Å². The maximum atomic E-state index is 10.9. The van der Waals surface area contributed by atoms with Crippen LogP contribution in [0.4, 0.5) is 0 Å². The minimum Gasteiger partial charge on any atom is -0.466 e. The molecule has 0 aromatic heterocycles. The summed E-state index contributed by atoms with van der Waals surface area (Å²) in [6.07, 6.45) is 2.42. The summed E-state index contributed by atoms with van der Waals surface area (Å²) >= 11 is 0. The van der Waals surface area contributed by atoms with Gasteiger partial charge in [-0.3, -0.25) is 4.79 Å². The monoisotopic (exact) mass is 228 g/mol. The first-order chi connectivity index (χ1) is 7.47. The van der Waals surface area contributed by atoms with Gasteiger partial charge in [0.05, 0.1) is 6.61 Å². The first-order valence-corrected chi connectivity index (χ1v) is 5.53. The topological polar surface area (TPSA) is 60.4 Å². The van der Waals surface area contributed by atoms with Gasteiger partial charge in [0.1, 0.15) is 12.1 Å². The van der Waals surface area contributed by atoms with Crippen molar-refractivity contribution in [2.75, 3.05) is 6.61 Å². The van der Waals surface area contributed by atoms with E-state index in [9.17, 15) is 14.4 Å². The fraction of sp³-hybridized carbons (Fsp3) is 0.750. The van der Waals surface area contributed by atoms with Gasteiger partial charge < -0.3 is 14.3 Å². The number of esters is 1. The Morgan fingerprint density at radius 1 is 1.31 bits per heavy atom. The Morgan fingerprint density at radius 3 is 2.38 bits per heavy atom. The van der Waals surface area contributed by atoms with Crippen LogP contribution in [-0.2, 0) is 19.1 Å². The Balaban J connectivity index is 4.10. The van der Waals surface area contributed by atoms with Gasteiger partial charge >= 0.3 is 5.97 Å². The number of carbonyl (C=O) groups is 3. The molecular weight excluding hydrogens is 208 g/mol. The number of ketones is 1. The van der Waals surface area contributed by atoms with E-state index in [0.29, 0.717) is 25.9 Å². The second-order valence-electron chi connectivity index (χ2n) is 4.18. The van der Waals surface area contributed by atoms with E-state index in [1.54, 1.807) is 0 Å². The average Bonchev–Trinajstić information content (AvgIpc) is 2.20. The number of hydrogen-bond acceptors (Lipinski definition) is 4. The summed E-state index contributed by atoms with van der Waals surface area (Å²) in [4.78, 5) is 32.0. The second-order valence-corrected chi connectivity index (χ2v) is 4.18. The highest BCUT2D eigenvalue weighted by Gasteiger charge is 2.18. The van der Waals surface area contributed by atoms with Crippen molar-refractivity contribution < 1.29 is 19.1 Å². The highest BCUT2D eigenvalue weighted by atomic mass is 16.5. The molecule has 0 rings (SSSR count). The molecule has 0 radical (unpaired) electrons. The molecule has 2 atom stereocenters. The molecule has 0 N–H and O–H groups in total. The third-order valence-corrected chi connectivity index (χ3v) is 2.62. The summed E-state index contributed by atoms with van der Waals surface area (Å²) in [6, 6.07) is 0. The SMILES string of the molecule is CC(=O)CCC(CC=O)C(C)COC(C)=O. The summed E-state index contributed by atoms with van der Waals surface area (Å²) in [7, 11) is 0. The van der Waals surface area contributed by atoms with E-state index >= 15 is 0 Å². The molecule has 0 aliphatic rings. The molecule has 0 spiro atoms. The Hall–Kier alpha value is -1.19. The first kappa shape index (κ1) is 14.8. The number of Topliss-reactive ketones (excluding diaryl/α,β-unsaturated/α-hetero) is 1. The average molecular weight is 228 g/mol. The standard InChI is InChI=1S/C12H20O4/c1-9(8-16-11(3)15)12(6-7-13)5-4-10(2)14/h7,9,12H,4-6,8H2,1-3H3. The zero-order valence-corrected chi connectivity index (χ0v) is 10.2. The summed E-state index contributed by atoms with van der Waals surface area (Å²) < 4.78 is 4.90. The maximum Gasteiger partial charge on any atom is 0.302 e. The smallest absolute Gasteiger partial charge is 0.302 e. The molecule has 0 aromatic carbocycles. The van der Waals surface area contributed by atoms with E-state index in [4.69, 9.17) is 4.74 Å². The van der Waals surface area contributed by atoms with E-state index < -0.39 is 0 Å². The van der Waals surface area contributed by atoms with Crippen LogP contribution >= 0.6 is 0 Å². The van der Waals surface area contributed by atoms with Crippen LogP contribution in [0, 0.1) is 11.8 Å². The van der Waals surface area contributed by atoms with Crippen molar-refractivity contribution >= 4 is 18.0 Å². The van der Waals surface area contributed by atoms with Crippen LogP contribution in [0.1, 0.15) is 40.0 Å². The maximum absolute atomic E-state index is 10.9. The van der Waals surface area contributed by atoms with Gasteiger partial charge in [-0.05, 0) is 25.2 Å². The van der Waals surface area contributed by atoms with Crippen LogP contribution in [0.2, 0.25) is 0 Å². The van der Waals surface area contributed by atoms with Crippen molar-refractivity contribution in [2.45, 2.75) is 40.0 Å². The highest BCUT2D eigenvalue weighted by molar-refractivity contribution is 5.75. The van der Waals surface area contributed by atoms with Crippen molar-refractivity contribution in [3.05, 3.63) is 0 Å². The minimum atomic E-state index is -0.316. The van der Waals surface area contributed by atoms with E-state index in [2.05, 4.69) is 0 Å². The molecular formula is C12H20O4. The lowest BCUT2D eigenvalue weighted by Crippen LogP contribution is -2.20. The van der Waals surface area contributed by atoms with Crippen molar-refractivity contribution in [1.29, 1.82) is 0 Å². The molecule has 0 aliphatic heterocycles. The van der Waals surface area contributed by atoms with Gasteiger partial charge in [-0.15, -0.1) is 0 Å². The van der Waals surface area contributed by atoms with Crippen LogP contribution in [0.15, 0.2) is 0 Å². The Morgan fingerprint density at radius 2 is 1.94 bits per heavy atom. The van der Waals surface area contributed by atoms with E-state index in [1.807, 2.05) is 6.92 Å². The predicted octanol–water partition coefficient (Wildman–Crippen LogP) is 1.76. The van der Waals surface area contributed by atoms with Crippen molar-refractivity contribution in [2.24, 2.45) is 11.8 Å². The van der Waals surface area contributed by atoms with Gasteiger partial charge in [0.2, 0.25) is 0 Å². The van der Waals surface area contributed by atoms with Crippen LogP contribution in [0.5, 0.6) is 0 Å². The highest BCUT2D eigenvalue weighted by Crippen LogP contribution is 2.21. The fourth-order valence-corrected chi connectivity index (χ4v) is 1.53. The zero-order chi connectivity index (χ0) is 12.6. The third-order valence-electron chi connectivity index (χ3n) is 2.62. The molecule has 0 amide bonds. The lowest BCUT2D eigenvalue weighted by atomic mass is 9.87. The summed E-state index contributed by atoms with van der Waals surface area (Å²) in [5.74, 6) is 0.0213. The normalized spacial score (nSPS) is 13.9. The number of aldehydes is 1. The largest absolute Gasteiger partial charge is 0.466 e. The number of rotatable bonds is 8. The molecule has 4 heteroatoms. The third kappa shape index (κ3) is 7.15. The van der Waals surface area contributed by atoms with E-state index in [0.717, 1.165) is 6.29 Å². The summed E-state index contributed by atoms with van der Waals surface area (Å²) in [5, 5.41) is 0. The number of ether oxygens (including phenoxy) is 1. The number of hydrogen-bond donors (Lipinski definition) is 0. The predicted molar refractivity (Wildman–Crippen MR) is 59.9 cm³/mol. The van der Waals surface area contributed by atoms with Gasteiger partial charge in [0.25, 0.3) is 0 Å². The molecule has 0 bridgehead atoms. The molecule has 4 nitrogen and oxygen atoms in total. The fourth-order valence-electron chi connectivity index (χ4n) is 1.53. The lowest BCUT2D eigenvalue weighted by Gasteiger charge is -2.21. The minimum absolute atomic E-state index is 0.105. The van der Waals surface area contributed by atoms with Crippen molar-refractivity contribution in [3.63, 3.8) is 0 Å². The molecule has 0 aliphatic carbocycles. The molecule has 0 fully saturated rings. The molecule has 0 saturated heterocycles. The van der Waals surface area contributed by atoms with Gasteiger partial charge in [0, 0.05) is 19.8 Å². The lowest BCUT2D eigenvalue weighted by molar-refractivity contribution is -0.142. The summed E-state index contributed by atoms with van der Waals surface area (Å²) in [6.45, 7) is 5.13. The van der Waals surface area contributed by atoms with Crippen molar-refractivity contribution in [3.8, 4) is 0 Å². The first-order valence-electron chi connectivity index (χ1n) is 5.53. The van der Waals surface area contributed by atoms with Gasteiger partial charge in [-0.1, -0.05) is 6.92 Å². The molecule has 0 aromatic rings. The van der Waals surface area contributed by atoms with Crippen LogP contribution in [-0.4, -0.2) is 24.6 Å².